The number of rotatable bonds is 8. The van der Waals surface area contributed by atoms with Crippen molar-refractivity contribution in [2.75, 3.05) is 5.75 Å². The monoisotopic (exact) mass is 280 g/mol. The molecule has 0 heterocycles. The molecule has 1 aromatic carbocycles. The van der Waals surface area contributed by atoms with Crippen molar-refractivity contribution in [3.05, 3.63) is 28.8 Å². The predicted molar refractivity (Wildman–Crippen MR) is 85.3 cm³/mol. The van der Waals surface area contributed by atoms with Crippen LogP contribution >= 0.6 is 0 Å². The molecule has 0 amide bonds. The van der Waals surface area contributed by atoms with Crippen LogP contribution in [0.15, 0.2) is 17.0 Å². The molecule has 0 aromatic heterocycles. The lowest BCUT2D eigenvalue weighted by molar-refractivity contribution is 0.622. The van der Waals surface area contributed by atoms with Crippen LogP contribution in [0.2, 0.25) is 0 Å². The molecule has 19 heavy (non-hydrogen) atoms. The largest absolute Gasteiger partial charge is 0.254 e. The Bertz CT molecular complexity index is 400. The molecular formula is C17H28OS. The van der Waals surface area contributed by atoms with Gasteiger partial charge in [0.1, 0.15) is 0 Å². The Kier molecular flexibility index (Phi) is 7.37. The molecule has 1 nitrogen and oxygen atoms in total. The van der Waals surface area contributed by atoms with Crippen LogP contribution in [0.1, 0.15) is 62.1 Å². The standard InChI is InChI=1S/C17H28OS/c1-5-6-7-8-9-10-11-19(18)17-15(3)12-14(2)13-16(17)4/h12-13H,5-11H2,1-4H3. The third-order valence-corrected chi connectivity index (χ3v) is 5.27. The second kappa shape index (κ2) is 8.52. The van der Waals surface area contributed by atoms with E-state index < -0.39 is 10.8 Å². The van der Waals surface area contributed by atoms with E-state index in [1.807, 2.05) is 0 Å². The molecule has 1 unspecified atom stereocenters. The third kappa shape index (κ3) is 5.48. The van der Waals surface area contributed by atoms with Crippen LogP contribution in [-0.2, 0) is 10.8 Å². The molecule has 0 saturated carbocycles. The van der Waals surface area contributed by atoms with Gasteiger partial charge in [0, 0.05) is 10.6 Å². The van der Waals surface area contributed by atoms with Crippen LogP contribution in [0.4, 0.5) is 0 Å². The fourth-order valence-electron chi connectivity index (χ4n) is 2.64. The summed E-state index contributed by atoms with van der Waals surface area (Å²) in [4.78, 5) is 1.07. The molecule has 0 saturated heterocycles. The van der Waals surface area contributed by atoms with Crippen LogP contribution in [0.25, 0.3) is 0 Å². The Morgan fingerprint density at radius 2 is 1.42 bits per heavy atom. The van der Waals surface area contributed by atoms with Crippen molar-refractivity contribution in [2.24, 2.45) is 0 Å². The highest BCUT2D eigenvalue weighted by Crippen LogP contribution is 2.21. The minimum Gasteiger partial charge on any atom is -0.254 e. The average molecular weight is 280 g/mol. The maximum Gasteiger partial charge on any atom is 0.0534 e. The zero-order valence-electron chi connectivity index (χ0n) is 12.9. The highest BCUT2D eigenvalue weighted by atomic mass is 32.2. The first-order valence-electron chi connectivity index (χ1n) is 7.52. The number of benzene rings is 1. The normalized spacial score (nSPS) is 12.6. The van der Waals surface area contributed by atoms with E-state index in [4.69, 9.17) is 0 Å². The molecular weight excluding hydrogens is 252 g/mol. The zero-order chi connectivity index (χ0) is 14.3. The van der Waals surface area contributed by atoms with Crippen LogP contribution in [-0.4, -0.2) is 9.96 Å². The second-order valence-electron chi connectivity index (χ2n) is 5.55. The summed E-state index contributed by atoms with van der Waals surface area (Å²) >= 11 is 0. The van der Waals surface area contributed by atoms with Gasteiger partial charge in [0.25, 0.3) is 0 Å². The van der Waals surface area contributed by atoms with E-state index in [1.54, 1.807) is 0 Å². The Morgan fingerprint density at radius 3 is 2.00 bits per heavy atom. The molecule has 0 spiro atoms. The SMILES string of the molecule is CCCCCCCCS(=O)c1c(C)cc(C)cc1C. The maximum atomic E-state index is 12.4. The van der Waals surface area contributed by atoms with E-state index in [9.17, 15) is 4.21 Å². The van der Waals surface area contributed by atoms with E-state index >= 15 is 0 Å². The first-order valence-corrected chi connectivity index (χ1v) is 8.84. The number of hydrogen-bond donors (Lipinski definition) is 0. The van der Waals surface area contributed by atoms with E-state index in [-0.39, 0.29) is 0 Å². The highest BCUT2D eigenvalue weighted by molar-refractivity contribution is 7.85. The van der Waals surface area contributed by atoms with E-state index in [2.05, 4.69) is 39.8 Å². The molecule has 0 bridgehead atoms. The molecule has 0 N–H and O–H groups in total. The van der Waals surface area contributed by atoms with Crippen molar-refractivity contribution in [2.45, 2.75) is 71.1 Å². The smallest absolute Gasteiger partial charge is 0.0534 e. The zero-order valence-corrected chi connectivity index (χ0v) is 13.7. The first kappa shape index (κ1) is 16.4. The van der Waals surface area contributed by atoms with Crippen molar-refractivity contribution in [3.8, 4) is 0 Å². The summed E-state index contributed by atoms with van der Waals surface area (Å²) in [7, 11) is -0.822. The summed E-state index contributed by atoms with van der Waals surface area (Å²) in [6.45, 7) is 8.49. The van der Waals surface area contributed by atoms with Gasteiger partial charge in [0.2, 0.25) is 0 Å². The predicted octanol–water partition coefficient (Wildman–Crippen LogP) is 5.08. The quantitative estimate of drug-likeness (QED) is 0.607. The highest BCUT2D eigenvalue weighted by Gasteiger charge is 2.10. The van der Waals surface area contributed by atoms with E-state index in [0.717, 1.165) is 17.1 Å². The van der Waals surface area contributed by atoms with Gasteiger partial charge in [0.15, 0.2) is 0 Å². The maximum absolute atomic E-state index is 12.4. The lowest BCUT2D eigenvalue weighted by Crippen LogP contribution is -2.03. The van der Waals surface area contributed by atoms with E-state index in [0.29, 0.717) is 0 Å². The van der Waals surface area contributed by atoms with Gasteiger partial charge in [-0.15, -0.1) is 0 Å². The Balaban J connectivity index is 2.46. The fraction of sp³-hybridized carbons (Fsp3) is 0.647. The number of aryl methyl sites for hydroxylation is 3. The fourth-order valence-corrected chi connectivity index (χ4v) is 4.15. The van der Waals surface area contributed by atoms with Gasteiger partial charge in [-0.1, -0.05) is 56.7 Å². The molecule has 2 heteroatoms. The van der Waals surface area contributed by atoms with Gasteiger partial charge in [-0.3, -0.25) is 4.21 Å². The van der Waals surface area contributed by atoms with Crippen LogP contribution in [0, 0.1) is 20.8 Å². The summed E-state index contributed by atoms with van der Waals surface area (Å²) in [5.41, 5.74) is 3.62. The van der Waals surface area contributed by atoms with Gasteiger partial charge in [-0.05, 0) is 38.3 Å². The van der Waals surface area contributed by atoms with Crippen LogP contribution < -0.4 is 0 Å². The minimum atomic E-state index is -0.822. The van der Waals surface area contributed by atoms with Gasteiger partial charge in [-0.2, -0.15) is 0 Å². The molecule has 1 aromatic rings. The Labute approximate surface area is 121 Å². The number of hydrogen-bond acceptors (Lipinski definition) is 1. The Hall–Kier alpha value is -0.630. The van der Waals surface area contributed by atoms with E-state index in [1.165, 1.54) is 48.8 Å². The van der Waals surface area contributed by atoms with Crippen molar-refractivity contribution < 1.29 is 4.21 Å². The lowest BCUT2D eigenvalue weighted by atomic mass is 10.1. The lowest BCUT2D eigenvalue weighted by Gasteiger charge is -2.11. The molecule has 0 aliphatic heterocycles. The van der Waals surface area contributed by atoms with Gasteiger partial charge >= 0.3 is 0 Å². The third-order valence-electron chi connectivity index (χ3n) is 3.52. The second-order valence-corrected chi connectivity index (χ2v) is 7.05. The summed E-state index contributed by atoms with van der Waals surface area (Å²) in [6, 6.07) is 4.28. The Morgan fingerprint density at radius 1 is 0.895 bits per heavy atom. The van der Waals surface area contributed by atoms with Crippen molar-refractivity contribution >= 4 is 10.8 Å². The molecule has 108 valence electrons. The van der Waals surface area contributed by atoms with Crippen LogP contribution in [0.3, 0.4) is 0 Å². The van der Waals surface area contributed by atoms with Gasteiger partial charge < -0.3 is 0 Å². The minimum absolute atomic E-state index is 0.816. The van der Waals surface area contributed by atoms with Gasteiger partial charge in [-0.25, -0.2) is 0 Å². The topological polar surface area (TPSA) is 17.1 Å². The molecule has 0 aliphatic rings. The van der Waals surface area contributed by atoms with Crippen LogP contribution in [0.5, 0.6) is 0 Å². The van der Waals surface area contributed by atoms with Crippen molar-refractivity contribution in [1.29, 1.82) is 0 Å². The molecule has 0 fully saturated rings. The van der Waals surface area contributed by atoms with Crippen molar-refractivity contribution in [1.82, 2.24) is 0 Å². The summed E-state index contributed by atoms with van der Waals surface area (Å²) in [5.74, 6) is 0.816. The number of unbranched alkanes of at least 4 members (excludes halogenated alkanes) is 5. The summed E-state index contributed by atoms with van der Waals surface area (Å²) in [6.07, 6.45) is 7.54. The summed E-state index contributed by atoms with van der Waals surface area (Å²) < 4.78 is 12.4. The molecule has 0 radical (unpaired) electrons. The summed E-state index contributed by atoms with van der Waals surface area (Å²) in [5, 5.41) is 0. The molecule has 1 atom stereocenters. The first-order chi connectivity index (χ1) is 9.06. The van der Waals surface area contributed by atoms with Gasteiger partial charge in [0.05, 0.1) is 10.8 Å². The molecule has 1 rings (SSSR count). The van der Waals surface area contributed by atoms with Crippen molar-refractivity contribution in [3.63, 3.8) is 0 Å². The molecule has 0 aliphatic carbocycles. The average Bonchev–Trinajstić information content (AvgIpc) is 2.32.